The Morgan fingerprint density at radius 3 is 2.95 bits per heavy atom. The molecule has 0 aromatic heterocycles. The van der Waals surface area contributed by atoms with Crippen LogP contribution in [0.25, 0.3) is 0 Å². The Balaban J connectivity index is 2.24. The molecule has 2 rings (SSSR count). The number of halogens is 1. The lowest BCUT2D eigenvalue weighted by Crippen LogP contribution is -2.50. The molecule has 5 nitrogen and oxygen atoms in total. The molecule has 6 heteroatoms. The Morgan fingerprint density at radius 1 is 1.55 bits per heavy atom. The molecule has 110 valence electrons. The number of aliphatic hydroxyl groups is 1. The number of benzene rings is 1. The molecule has 1 heterocycles. The number of carbonyl (C=O) groups is 1. The van der Waals surface area contributed by atoms with Crippen LogP contribution < -0.4 is 4.74 Å². The van der Waals surface area contributed by atoms with E-state index in [1.165, 1.54) is 7.11 Å². The lowest BCUT2D eigenvalue weighted by Gasteiger charge is -2.36. The van der Waals surface area contributed by atoms with Crippen LogP contribution in [-0.4, -0.2) is 54.9 Å². The van der Waals surface area contributed by atoms with Gasteiger partial charge in [0.25, 0.3) is 5.91 Å². The first-order valence-corrected chi connectivity index (χ1v) is 6.82. The van der Waals surface area contributed by atoms with Crippen LogP contribution in [0, 0.1) is 0 Å². The number of hydrogen-bond donors (Lipinski definition) is 1. The standard InChI is InChI=1S/C14H18ClNO4/c1-9-6-16(7-11(8-17)20-9)14(18)12-5-10(15)3-4-13(12)19-2/h3-5,9,11,17H,6-8H2,1-2H3. The fourth-order valence-electron chi connectivity index (χ4n) is 2.33. The molecule has 1 aliphatic rings. The quantitative estimate of drug-likeness (QED) is 0.920. The number of amides is 1. The number of morpholine rings is 1. The van der Waals surface area contributed by atoms with Gasteiger partial charge in [-0.25, -0.2) is 0 Å². The molecule has 1 aromatic carbocycles. The zero-order valence-electron chi connectivity index (χ0n) is 11.5. The average molecular weight is 300 g/mol. The van der Waals surface area contributed by atoms with Gasteiger partial charge in [0.15, 0.2) is 0 Å². The van der Waals surface area contributed by atoms with Gasteiger partial charge in [0.1, 0.15) is 5.75 Å². The van der Waals surface area contributed by atoms with E-state index in [0.717, 1.165) is 0 Å². The molecule has 0 saturated carbocycles. The summed E-state index contributed by atoms with van der Waals surface area (Å²) in [5.41, 5.74) is 0.422. The van der Waals surface area contributed by atoms with Crippen LogP contribution in [0.4, 0.5) is 0 Å². The van der Waals surface area contributed by atoms with E-state index in [1.807, 2.05) is 6.92 Å². The lowest BCUT2D eigenvalue weighted by molar-refractivity contribution is -0.0859. The van der Waals surface area contributed by atoms with E-state index in [4.69, 9.17) is 21.1 Å². The molecule has 1 amide bonds. The van der Waals surface area contributed by atoms with Crippen LogP contribution in [0.2, 0.25) is 5.02 Å². The van der Waals surface area contributed by atoms with Gasteiger partial charge >= 0.3 is 0 Å². The summed E-state index contributed by atoms with van der Waals surface area (Å²) in [6, 6.07) is 4.94. The maximum atomic E-state index is 12.6. The van der Waals surface area contributed by atoms with Gasteiger partial charge in [-0.3, -0.25) is 4.79 Å². The SMILES string of the molecule is COc1ccc(Cl)cc1C(=O)N1CC(C)OC(CO)C1. The summed E-state index contributed by atoms with van der Waals surface area (Å²) in [7, 11) is 1.51. The predicted octanol–water partition coefficient (Wildman–Crippen LogP) is 1.57. The van der Waals surface area contributed by atoms with Crippen molar-refractivity contribution in [3.05, 3.63) is 28.8 Å². The third kappa shape index (κ3) is 3.23. The van der Waals surface area contributed by atoms with Crippen molar-refractivity contribution in [1.82, 2.24) is 4.90 Å². The second-order valence-electron chi connectivity index (χ2n) is 4.81. The monoisotopic (exact) mass is 299 g/mol. The molecule has 1 N–H and O–H groups in total. The zero-order chi connectivity index (χ0) is 14.7. The van der Waals surface area contributed by atoms with Crippen molar-refractivity contribution >= 4 is 17.5 Å². The van der Waals surface area contributed by atoms with Gasteiger partial charge in [0.2, 0.25) is 0 Å². The molecule has 2 unspecified atom stereocenters. The third-order valence-electron chi connectivity index (χ3n) is 3.21. The molecule has 0 bridgehead atoms. The van der Waals surface area contributed by atoms with Crippen molar-refractivity contribution in [2.45, 2.75) is 19.1 Å². The van der Waals surface area contributed by atoms with Gasteiger partial charge in [-0.15, -0.1) is 0 Å². The highest BCUT2D eigenvalue weighted by Crippen LogP contribution is 2.25. The number of methoxy groups -OCH3 is 1. The van der Waals surface area contributed by atoms with Crippen molar-refractivity contribution in [2.24, 2.45) is 0 Å². The Kier molecular flexibility index (Phi) is 4.86. The minimum atomic E-state index is -0.354. The Labute approximate surface area is 123 Å². The normalized spacial score (nSPS) is 22.7. The van der Waals surface area contributed by atoms with Gasteiger partial charge in [-0.05, 0) is 25.1 Å². The van der Waals surface area contributed by atoms with E-state index in [0.29, 0.717) is 29.4 Å². The van der Waals surface area contributed by atoms with Gasteiger partial charge in [-0.1, -0.05) is 11.6 Å². The zero-order valence-corrected chi connectivity index (χ0v) is 12.3. The summed E-state index contributed by atoms with van der Waals surface area (Å²) in [6.45, 7) is 2.60. The van der Waals surface area contributed by atoms with Crippen LogP contribution in [0.3, 0.4) is 0 Å². The van der Waals surface area contributed by atoms with E-state index in [2.05, 4.69) is 0 Å². The largest absolute Gasteiger partial charge is 0.496 e. The van der Waals surface area contributed by atoms with Gasteiger partial charge in [-0.2, -0.15) is 0 Å². The molecule has 1 saturated heterocycles. The highest BCUT2D eigenvalue weighted by Gasteiger charge is 2.29. The summed E-state index contributed by atoms with van der Waals surface area (Å²) < 4.78 is 10.7. The summed E-state index contributed by atoms with van der Waals surface area (Å²) in [5, 5.41) is 9.70. The van der Waals surface area contributed by atoms with E-state index in [9.17, 15) is 9.90 Å². The van der Waals surface area contributed by atoms with Gasteiger partial charge in [0.05, 0.1) is 31.5 Å². The molecule has 20 heavy (non-hydrogen) atoms. The summed E-state index contributed by atoms with van der Waals surface area (Å²) in [5.74, 6) is 0.317. The van der Waals surface area contributed by atoms with Crippen molar-refractivity contribution in [3.63, 3.8) is 0 Å². The molecule has 1 fully saturated rings. The fourth-order valence-corrected chi connectivity index (χ4v) is 2.50. The maximum absolute atomic E-state index is 12.6. The van der Waals surface area contributed by atoms with Crippen molar-refractivity contribution in [2.75, 3.05) is 26.8 Å². The highest BCUT2D eigenvalue weighted by molar-refractivity contribution is 6.31. The van der Waals surface area contributed by atoms with Crippen LogP contribution in [0.1, 0.15) is 17.3 Å². The third-order valence-corrected chi connectivity index (χ3v) is 3.44. The van der Waals surface area contributed by atoms with Crippen LogP contribution in [0.5, 0.6) is 5.75 Å². The first kappa shape index (κ1) is 15.1. The van der Waals surface area contributed by atoms with Crippen molar-refractivity contribution in [3.8, 4) is 5.75 Å². The number of hydrogen-bond acceptors (Lipinski definition) is 4. The number of carbonyl (C=O) groups excluding carboxylic acids is 1. The van der Waals surface area contributed by atoms with Crippen LogP contribution in [0.15, 0.2) is 18.2 Å². The molecule has 1 aliphatic heterocycles. The molecule has 1 aromatic rings. The highest BCUT2D eigenvalue weighted by atomic mass is 35.5. The Morgan fingerprint density at radius 2 is 2.30 bits per heavy atom. The number of nitrogens with zero attached hydrogens (tertiary/aromatic N) is 1. The van der Waals surface area contributed by atoms with E-state index in [1.54, 1.807) is 23.1 Å². The lowest BCUT2D eigenvalue weighted by atomic mass is 10.1. The number of ether oxygens (including phenoxy) is 2. The summed E-state index contributed by atoms with van der Waals surface area (Å²) in [6.07, 6.45) is -0.470. The fraction of sp³-hybridized carbons (Fsp3) is 0.500. The molecular weight excluding hydrogens is 282 g/mol. The van der Waals surface area contributed by atoms with Gasteiger partial charge in [0, 0.05) is 18.1 Å². The minimum absolute atomic E-state index is 0.110. The first-order valence-electron chi connectivity index (χ1n) is 6.44. The average Bonchev–Trinajstić information content (AvgIpc) is 2.45. The minimum Gasteiger partial charge on any atom is -0.496 e. The van der Waals surface area contributed by atoms with Crippen LogP contribution >= 0.6 is 11.6 Å². The first-order chi connectivity index (χ1) is 9.55. The summed E-state index contributed by atoms with van der Waals surface area (Å²) in [4.78, 5) is 14.2. The second kappa shape index (κ2) is 6.43. The smallest absolute Gasteiger partial charge is 0.257 e. The predicted molar refractivity (Wildman–Crippen MR) is 75.3 cm³/mol. The van der Waals surface area contributed by atoms with E-state index in [-0.39, 0.29) is 24.7 Å². The van der Waals surface area contributed by atoms with E-state index < -0.39 is 0 Å². The molecule has 0 aliphatic carbocycles. The Bertz CT molecular complexity index is 494. The van der Waals surface area contributed by atoms with E-state index >= 15 is 0 Å². The second-order valence-corrected chi connectivity index (χ2v) is 5.24. The number of aliphatic hydroxyl groups excluding tert-OH is 1. The molecule has 0 radical (unpaired) electrons. The maximum Gasteiger partial charge on any atom is 0.257 e. The molecule has 0 spiro atoms. The molecule has 2 atom stereocenters. The Hall–Kier alpha value is -1.30. The summed E-state index contributed by atoms with van der Waals surface area (Å²) >= 11 is 5.95. The van der Waals surface area contributed by atoms with Crippen molar-refractivity contribution < 1.29 is 19.4 Å². The number of rotatable bonds is 3. The van der Waals surface area contributed by atoms with Gasteiger partial charge < -0.3 is 19.5 Å². The van der Waals surface area contributed by atoms with Crippen molar-refractivity contribution in [1.29, 1.82) is 0 Å². The molecular formula is C14H18ClNO4. The van der Waals surface area contributed by atoms with Crippen LogP contribution in [-0.2, 0) is 4.74 Å². The topological polar surface area (TPSA) is 59.0 Å².